The molecule has 2 aromatic heterocycles. The van der Waals surface area contributed by atoms with Gasteiger partial charge in [-0.1, -0.05) is 6.92 Å². The standard InChI is InChI=1S/C14H18N4O/c1-2-13-15-6-3-12(17-13)14-16-7-8-18(14)11-4-9-19-10-5-11/h3,6-8,11H,2,4-5,9-10H2,1H3. The molecular formula is C14H18N4O. The maximum atomic E-state index is 5.42. The van der Waals surface area contributed by atoms with Crippen molar-refractivity contribution in [2.75, 3.05) is 13.2 Å². The molecule has 19 heavy (non-hydrogen) atoms. The molecule has 5 nitrogen and oxygen atoms in total. The van der Waals surface area contributed by atoms with Gasteiger partial charge in [0, 0.05) is 44.3 Å². The zero-order valence-electron chi connectivity index (χ0n) is 11.1. The highest BCUT2D eigenvalue weighted by Crippen LogP contribution is 2.26. The van der Waals surface area contributed by atoms with Crippen LogP contribution in [0.2, 0.25) is 0 Å². The summed E-state index contributed by atoms with van der Waals surface area (Å²) >= 11 is 0. The Hall–Kier alpha value is -1.75. The van der Waals surface area contributed by atoms with Crippen LogP contribution in [0.1, 0.15) is 31.6 Å². The molecule has 5 heteroatoms. The molecule has 100 valence electrons. The van der Waals surface area contributed by atoms with Gasteiger partial charge in [0.2, 0.25) is 0 Å². The second-order valence-electron chi connectivity index (χ2n) is 4.71. The van der Waals surface area contributed by atoms with Gasteiger partial charge in [-0.3, -0.25) is 0 Å². The maximum Gasteiger partial charge on any atom is 0.159 e. The Balaban J connectivity index is 1.94. The average Bonchev–Trinajstić information content (AvgIpc) is 2.98. The first-order valence-corrected chi connectivity index (χ1v) is 6.81. The lowest BCUT2D eigenvalue weighted by Crippen LogP contribution is -2.20. The minimum Gasteiger partial charge on any atom is -0.381 e. The fourth-order valence-corrected chi connectivity index (χ4v) is 2.46. The molecule has 1 saturated heterocycles. The first-order chi connectivity index (χ1) is 9.38. The molecule has 0 radical (unpaired) electrons. The predicted octanol–water partition coefficient (Wildman–Crippen LogP) is 2.25. The highest BCUT2D eigenvalue weighted by Gasteiger charge is 2.19. The van der Waals surface area contributed by atoms with Gasteiger partial charge >= 0.3 is 0 Å². The first-order valence-electron chi connectivity index (χ1n) is 6.81. The average molecular weight is 258 g/mol. The van der Waals surface area contributed by atoms with Crippen LogP contribution >= 0.6 is 0 Å². The van der Waals surface area contributed by atoms with E-state index < -0.39 is 0 Å². The van der Waals surface area contributed by atoms with Crippen molar-refractivity contribution in [3.8, 4) is 11.5 Å². The molecule has 0 unspecified atom stereocenters. The normalized spacial score (nSPS) is 16.7. The summed E-state index contributed by atoms with van der Waals surface area (Å²) in [6, 6.07) is 2.39. The number of aromatic nitrogens is 4. The quantitative estimate of drug-likeness (QED) is 0.847. The summed E-state index contributed by atoms with van der Waals surface area (Å²) in [5, 5.41) is 0. The summed E-state index contributed by atoms with van der Waals surface area (Å²) < 4.78 is 7.65. The fourth-order valence-electron chi connectivity index (χ4n) is 2.46. The number of rotatable bonds is 3. The van der Waals surface area contributed by atoms with E-state index in [2.05, 4.69) is 26.4 Å². The number of hydrogen-bond acceptors (Lipinski definition) is 4. The number of aryl methyl sites for hydroxylation is 1. The largest absolute Gasteiger partial charge is 0.381 e. The van der Waals surface area contributed by atoms with Crippen LogP contribution in [0.25, 0.3) is 11.5 Å². The van der Waals surface area contributed by atoms with Gasteiger partial charge < -0.3 is 9.30 Å². The molecule has 1 aliphatic heterocycles. The Kier molecular flexibility index (Phi) is 3.55. The molecule has 0 N–H and O–H groups in total. The highest BCUT2D eigenvalue weighted by atomic mass is 16.5. The Morgan fingerprint density at radius 2 is 2.11 bits per heavy atom. The Morgan fingerprint density at radius 3 is 2.89 bits per heavy atom. The molecule has 3 heterocycles. The molecule has 0 aliphatic carbocycles. The van der Waals surface area contributed by atoms with E-state index >= 15 is 0 Å². The van der Waals surface area contributed by atoms with Gasteiger partial charge in [-0.2, -0.15) is 0 Å². The number of nitrogens with zero attached hydrogens (tertiary/aromatic N) is 4. The number of hydrogen-bond donors (Lipinski definition) is 0. The summed E-state index contributed by atoms with van der Waals surface area (Å²) in [5.41, 5.74) is 0.906. The third kappa shape index (κ3) is 2.51. The molecule has 1 fully saturated rings. The molecule has 0 spiro atoms. The summed E-state index contributed by atoms with van der Waals surface area (Å²) in [4.78, 5) is 13.3. The smallest absolute Gasteiger partial charge is 0.159 e. The van der Waals surface area contributed by atoms with Crippen LogP contribution in [0.15, 0.2) is 24.7 Å². The van der Waals surface area contributed by atoms with Gasteiger partial charge in [0.15, 0.2) is 5.82 Å². The Bertz CT molecular complexity index is 546. The molecule has 0 bridgehead atoms. The van der Waals surface area contributed by atoms with Crippen molar-refractivity contribution in [2.24, 2.45) is 0 Å². The summed E-state index contributed by atoms with van der Waals surface area (Å²) in [7, 11) is 0. The molecule has 0 saturated carbocycles. The molecule has 3 rings (SSSR count). The van der Waals surface area contributed by atoms with Crippen molar-refractivity contribution in [3.05, 3.63) is 30.5 Å². The Morgan fingerprint density at radius 1 is 1.26 bits per heavy atom. The lowest BCUT2D eigenvalue weighted by atomic mass is 10.1. The van der Waals surface area contributed by atoms with Gasteiger partial charge in [0.25, 0.3) is 0 Å². The number of imidazole rings is 1. The Labute approximate surface area is 112 Å². The topological polar surface area (TPSA) is 52.8 Å². The highest BCUT2D eigenvalue weighted by molar-refractivity contribution is 5.49. The molecule has 0 aromatic carbocycles. The molecule has 1 aliphatic rings. The van der Waals surface area contributed by atoms with Crippen molar-refractivity contribution >= 4 is 0 Å². The fraction of sp³-hybridized carbons (Fsp3) is 0.500. The number of ether oxygens (including phenoxy) is 1. The minimum atomic E-state index is 0.464. The lowest BCUT2D eigenvalue weighted by molar-refractivity contribution is 0.0700. The third-order valence-electron chi connectivity index (χ3n) is 3.50. The van der Waals surface area contributed by atoms with Crippen LogP contribution in [-0.2, 0) is 11.2 Å². The van der Waals surface area contributed by atoms with Crippen LogP contribution in [-0.4, -0.2) is 32.7 Å². The maximum absolute atomic E-state index is 5.42. The second-order valence-corrected chi connectivity index (χ2v) is 4.71. The van der Waals surface area contributed by atoms with Crippen LogP contribution in [0.3, 0.4) is 0 Å². The van der Waals surface area contributed by atoms with E-state index in [0.29, 0.717) is 6.04 Å². The molecular weight excluding hydrogens is 240 g/mol. The van der Waals surface area contributed by atoms with Crippen LogP contribution in [0, 0.1) is 0 Å². The third-order valence-corrected chi connectivity index (χ3v) is 3.50. The summed E-state index contributed by atoms with van der Waals surface area (Å²) in [6.07, 6.45) is 8.61. The van der Waals surface area contributed by atoms with Crippen molar-refractivity contribution in [1.29, 1.82) is 0 Å². The van der Waals surface area contributed by atoms with Crippen molar-refractivity contribution in [1.82, 2.24) is 19.5 Å². The summed E-state index contributed by atoms with van der Waals surface area (Å²) in [5.74, 6) is 1.79. The van der Waals surface area contributed by atoms with E-state index in [4.69, 9.17) is 4.74 Å². The monoisotopic (exact) mass is 258 g/mol. The second kappa shape index (κ2) is 5.48. The van der Waals surface area contributed by atoms with E-state index in [1.807, 2.05) is 24.7 Å². The van der Waals surface area contributed by atoms with E-state index in [1.165, 1.54) is 0 Å². The SMILES string of the molecule is CCc1nccc(-c2nccn2C2CCOCC2)n1. The van der Waals surface area contributed by atoms with Crippen molar-refractivity contribution in [2.45, 2.75) is 32.2 Å². The van der Waals surface area contributed by atoms with Crippen LogP contribution < -0.4 is 0 Å². The lowest BCUT2D eigenvalue weighted by Gasteiger charge is -2.24. The van der Waals surface area contributed by atoms with E-state index in [9.17, 15) is 0 Å². The van der Waals surface area contributed by atoms with Gasteiger partial charge in [-0.05, 0) is 18.9 Å². The zero-order valence-corrected chi connectivity index (χ0v) is 11.1. The molecule has 2 aromatic rings. The van der Waals surface area contributed by atoms with E-state index in [-0.39, 0.29) is 0 Å². The van der Waals surface area contributed by atoms with E-state index in [1.54, 1.807) is 0 Å². The zero-order chi connectivity index (χ0) is 13.1. The predicted molar refractivity (Wildman–Crippen MR) is 71.7 cm³/mol. The first kappa shape index (κ1) is 12.3. The van der Waals surface area contributed by atoms with Crippen molar-refractivity contribution in [3.63, 3.8) is 0 Å². The minimum absolute atomic E-state index is 0.464. The van der Waals surface area contributed by atoms with Gasteiger partial charge in [0.1, 0.15) is 11.5 Å². The van der Waals surface area contributed by atoms with Gasteiger partial charge in [-0.15, -0.1) is 0 Å². The molecule has 0 atom stereocenters. The van der Waals surface area contributed by atoms with Crippen LogP contribution in [0.4, 0.5) is 0 Å². The van der Waals surface area contributed by atoms with Gasteiger partial charge in [0.05, 0.1) is 0 Å². The molecule has 0 amide bonds. The van der Waals surface area contributed by atoms with E-state index in [0.717, 1.165) is 49.8 Å². The van der Waals surface area contributed by atoms with Gasteiger partial charge in [-0.25, -0.2) is 15.0 Å². The summed E-state index contributed by atoms with van der Waals surface area (Å²) in [6.45, 7) is 3.71. The van der Waals surface area contributed by atoms with Crippen LogP contribution in [0.5, 0.6) is 0 Å². The van der Waals surface area contributed by atoms with Crippen molar-refractivity contribution < 1.29 is 4.74 Å².